The van der Waals surface area contributed by atoms with Crippen LogP contribution in [0.4, 0.5) is 0 Å². The average molecular weight is 316 g/mol. The molecule has 1 aliphatic rings. The summed E-state index contributed by atoms with van der Waals surface area (Å²) in [7, 11) is 0. The second kappa shape index (κ2) is 4.80. The number of fused-ring (bicyclic) bond motifs is 7. The molecule has 22 heavy (non-hydrogen) atoms. The standard InChI is InChI=1S/C20H12S2/c1-3-9-15-13(7-1)14-8-2-4-10-16(14)20-19(15)21-17-11-5-6-12-18(17)22-20/h1-12H. The Bertz CT molecular complexity index is 950. The summed E-state index contributed by atoms with van der Waals surface area (Å²) in [6, 6.07) is 26.2. The molecule has 0 N–H and O–H groups in total. The van der Waals surface area contributed by atoms with Crippen LogP contribution in [0.15, 0.2) is 92.4 Å². The SMILES string of the molecule is c1ccc2c(c1)Sc1c(c3ccccc3c3ccccc13)S2. The van der Waals surface area contributed by atoms with Crippen molar-refractivity contribution in [3.63, 3.8) is 0 Å². The highest BCUT2D eigenvalue weighted by Gasteiger charge is 2.21. The van der Waals surface area contributed by atoms with Crippen LogP contribution in [0.2, 0.25) is 0 Å². The van der Waals surface area contributed by atoms with E-state index in [0.29, 0.717) is 0 Å². The summed E-state index contributed by atoms with van der Waals surface area (Å²) in [5.41, 5.74) is 0. The molecule has 0 nitrogen and oxygen atoms in total. The Morgan fingerprint density at radius 1 is 0.409 bits per heavy atom. The van der Waals surface area contributed by atoms with Gasteiger partial charge in [-0.1, -0.05) is 84.2 Å². The Kier molecular flexibility index (Phi) is 2.76. The molecule has 0 atom stereocenters. The van der Waals surface area contributed by atoms with Crippen LogP contribution >= 0.6 is 23.5 Å². The van der Waals surface area contributed by atoms with Crippen LogP contribution in [0.5, 0.6) is 0 Å². The van der Waals surface area contributed by atoms with Gasteiger partial charge < -0.3 is 0 Å². The molecule has 0 saturated carbocycles. The van der Waals surface area contributed by atoms with Crippen molar-refractivity contribution in [3.8, 4) is 0 Å². The van der Waals surface area contributed by atoms with Crippen molar-refractivity contribution in [1.29, 1.82) is 0 Å². The van der Waals surface area contributed by atoms with Gasteiger partial charge in [-0.05, 0) is 33.7 Å². The Balaban J connectivity index is 1.94. The molecule has 4 aromatic rings. The zero-order chi connectivity index (χ0) is 14.5. The summed E-state index contributed by atoms with van der Waals surface area (Å²) in [5, 5.41) is 5.43. The fourth-order valence-corrected chi connectivity index (χ4v) is 5.67. The molecule has 0 unspecified atom stereocenters. The van der Waals surface area contributed by atoms with Crippen molar-refractivity contribution in [2.24, 2.45) is 0 Å². The minimum Gasteiger partial charge on any atom is -0.0870 e. The highest BCUT2D eigenvalue weighted by Crippen LogP contribution is 2.53. The van der Waals surface area contributed by atoms with Crippen molar-refractivity contribution in [1.82, 2.24) is 0 Å². The lowest BCUT2D eigenvalue weighted by molar-refractivity contribution is 1.19. The molecule has 0 spiro atoms. The number of hydrogen-bond donors (Lipinski definition) is 0. The first-order valence-electron chi connectivity index (χ1n) is 7.30. The Labute approximate surface area is 137 Å². The molecule has 0 saturated heterocycles. The molecule has 0 aliphatic carbocycles. The maximum atomic E-state index is 2.25. The second-order valence-electron chi connectivity index (χ2n) is 5.40. The zero-order valence-electron chi connectivity index (χ0n) is 11.7. The summed E-state index contributed by atoms with van der Waals surface area (Å²) in [4.78, 5) is 5.52. The molecule has 104 valence electrons. The minimum absolute atomic E-state index is 1.35. The van der Waals surface area contributed by atoms with Crippen molar-refractivity contribution < 1.29 is 0 Å². The average Bonchev–Trinajstić information content (AvgIpc) is 2.61. The third-order valence-electron chi connectivity index (χ3n) is 4.11. The summed E-state index contributed by atoms with van der Waals surface area (Å²) in [6.07, 6.45) is 0. The predicted octanol–water partition coefficient (Wildman–Crippen LogP) is 6.61. The van der Waals surface area contributed by atoms with Gasteiger partial charge in [0.15, 0.2) is 0 Å². The van der Waals surface area contributed by atoms with E-state index in [0.717, 1.165) is 0 Å². The van der Waals surface area contributed by atoms with Gasteiger partial charge in [0.1, 0.15) is 0 Å². The molecule has 4 aromatic carbocycles. The van der Waals surface area contributed by atoms with E-state index < -0.39 is 0 Å². The molecule has 0 amide bonds. The normalized spacial score (nSPS) is 13.1. The molecule has 5 rings (SSSR count). The first kappa shape index (κ1) is 12.6. The molecule has 0 bridgehead atoms. The maximum absolute atomic E-state index is 2.25. The Hall–Kier alpha value is -1.90. The summed E-state index contributed by atoms with van der Waals surface area (Å²) in [6.45, 7) is 0. The topological polar surface area (TPSA) is 0 Å². The van der Waals surface area contributed by atoms with Crippen LogP contribution in [-0.2, 0) is 0 Å². The summed E-state index contributed by atoms with van der Waals surface area (Å²) < 4.78 is 0. The fraction of sp³-hybridized carbons (Fsp3) is 0. The highest BCUT2D eigenvalue weighted by molar-refractivity contribution is 8.05. The number of rotatable bonds is 0. The lowest BCUT2D eigenvalue weighted by Gasteiger charge is -2.22. The van der Waals surface area contributed by atoms with Gasteiger partial charge in [-0.25, -0.2) is 0 Å². The molecule has 0 fully saturated rings. The van der Waals surface area contributed by atoms with Crippen LogP contribution < -0.4 is 0 Å². The molecular weight excluding hydrogens is 304 g/mol. The smallest absolute Gasteiger partial charge is 0.0347 e. The third kappa shape index (κ3) is 1.74. The van der Waals surface area contributed by atoms with E-state index in [2.05, 4.69) is 72.8 Å². The zero-order valence-corrected chi connectivity index (χ0v) is 13.4. The van der Waals surface area contributed by atoms with Gasteiger partial charge >= 0.3 is 0 Å². The van der Waals surface area contributed by atoms with Gasteiger partial charge in [0.2, 0.25) is 0 Å². The van der Waals surface area contributed by atoms with Crippen LogP contribution in [0.1, 0.15) is 0 Å². The second-order valence-corrected chi connectivity index (χ2v) is 7.50. The Morgan fingerprint density at radius 3 is 1.23 bits per heavy atom. The summed E-state index contributed by atoms with van der Waals surface area (Å²) >= 11 is 3.81. The van der Waals surface area contributed by atoms with Gasteiger partial charge in [0.05, 0.1) is 0 Å². The van der Waals surface area contributed by atoms with E-state index in [1.165, 1.54) is 41.1 Å². The molecule has 1 aliphatic heterocycles. The lowest BCUT2D eigenvalue weighted by Crippen LogP contribution is -1.92. The lowest BCUT2D eigenvalue weighted by atomic mass is 10.0. The van der Waals surface area contributed by atoms with Crippen molar-refractivity contribution >= 4 is 45.1 Å². The third-order valence-corrected chi connectivity index (χ3v) is 6.78. The largest absolute Gasteiger partial charge is 0.0870 e. The first-order valence-corrected chi connectivity index (χ1v) is 8.93. The minimum atomic E-state index is 1.35. The molecule has 1 heterocycles. The van der Waals surface area contributed by atoms with Crippen LogP contribution in [0.25, 0.3) is 21.5 Å². The van der Waals surface area contributed by atoms with E-state index in [4.69, 9.17) is 0 Å². The molecule has 2 heteroatoms. The number of hydrogen-bond acceptors (Lipinski definition) is 2. The van der Waals surface area contributed by atoms with E-state index in [-0.39, 0.29) is 0 Å². The Morgan fingerprint density at radius 2 is 0.773 bits per heavy atom. The quantitative estimate of drug-likeness (QED) is 0.295. The maximum Gasteiger partial charge on any atom is 0.0347 e. The van der Waals surface area contributed by atoms with Crippen molar-refractivity contribution in [2.75, 3.05) is 0 Å². The highest BCUT2D eigenvalue weighted by atomic mass is 32.2. The summed E-state index contributed by atoms with van der Waals surface area (Å²) in [5.74, 6) is 0. The van der Waals surface area contributed by atoms with Gasteiger partial charge in [-0.15, -0.1) is 0 Å². The molecule has 0 aromatic heterocycles. The van der Waals surface area contributed by atoms with Gasteiger partial charge in [-0.2, -0.15) is 0 Å². The van der Waals surface area contributed by atoms with E-state index in [1.54, 1.807) is 0 Å². The van der Waals surface area contributed by atoms with Gasteiger partial charge in [-0.3, -0.25) is 0 Å². The fourth-order valence-electron chi connectivity index (χ4n) is 3.12. The van der Waals surface area contributed by atoms with Gasteiger partial charge in [0, 0.05) is 19.6 Å². The predicted molar refractivity (Wildman–Crippen MR) is 96.1 cm³/mol. The molecule has 0 radical (unpaired) electrons. The van der Waals surface area contributed by atoms with Crippen LogP contribution in [-0.4, -0.2) is 0 Å². The van der Waals surface area contributed by atoms with E-state index in [1.807, 2.05) is 23.5 Å². The van der Waals surface area contributed by atoms with Crippen molar-refractivity contribution in [3.05, 3.63) is 72.8 Å². The monoisotopic (exact) mass is 316 g/mol. The molecular formula is C20H12S2. The number of benzene rings is 4. The van der Waals surface area contributed by atoms with Crippen molar-refractivity contribution in [2.45, 2.75) is 19.6 Å². The van der Waals surface area contributed by atoms with Gasteiger partial charge in [0.25, 0.3) is 0 Å². The van der Waals surface area contributed by atoms with E-state index in [9.17, 15) is 0 Å². The first-order chi connectivity index (χ1) is 10.9. The van der Waals surface area contributed by atoms with Crippen LogP contribution in [0.3, 0.4) is 0 Å². The van der Waals surface area contributed by atoms with Crippen LogP contribution in [0, 0.1) is 0 Å². The van der Waals surface area contributed by atoms with E-state index >= 15 is 0 Å².